The highest BCUT2D eigenvalue weighted by atomic mass is 16.5. The van der Waals surface area contributed by atoms with Crippen LogP contribution in [-0.4, -0.2) is 19.0 Å². The van der Waals surface area contributed by atoms with Crippen LogP contribution in [0.4, 0.5) is 21.9 Å². The van der Waals surface area contributed by atoms with Crippen LogP contribution in [0, 0.1) is 0 Å². The number of ether oxygens (including phenoxy) is 1. The van der Waals surface area contributed by atoms with E-state index in [0.29, 0.717) is 17.1 Å². The lowest BCUT2D eigenvalue weighted by Gasteiger charge is -2.15. The molecule has 0 saturated heterocycles. The molecule has 2 aromatic rings. The average molecular weight is 325 g/mol. The highest BCUT2D eigenvalue weighted by molar-refractivity contribution is 6.07. The number of amides is 3. The number of carbonyl (C=O) groups is 2. The molecule has 0 aromatic heterocycles. The maximum absolute atomic E-state index is 12.2. The van der Waals surface area contributed by atoms with Gasteiger partial charge in [-0.3, -0.25) is 4.79 Å². The molecular weight excluding hydrogens is 306 g/mol. The third kappa shape index (κ3) is 2.78. The number of hydrogen-bond acceptors (Lipinski definition) is 3. The van der Waals surface area contributed by atoms with E-state index in [2.05, 4.69) is 16.0 Å². The fraction of sp³-hybridized carbons (Fsp3) is 0.222. The lowest BCUT2D eigenvalue weighted by molar-refractivity contribution is -0.119. The van der Waals surface area contributed by atoms with E-state index in [9.17, 15) is 9.59 Å². The molecule has 3 N–H and O–H groups in total. The number of anilines is 3. The van der Waals surface area contributed by atoms with E-state index in [0.717, 1.165) is 11.3 Å². The van der Waals surface area contributed by atoms with Crippen molar-refractivity contribution in [2.75, 3.05) is 23.1 Å². The second-order valence-electron chi connectivity index (χ2n) is 6.12. The number of carbonyl (C=O) groups excluding carboxylic acids is 2. The normalized spacial score (nSPS) is 14.5. The molecule has 0 aliphatic carbocycles. The van der Waals surface area contributed by atoms with Crippen molar-refractivity contribution in [2.45, 2.75) is 19.3 Å². The van der Waals surface area contributed by atoms with Crippen LogP contribution in [-0.2, 0) is 10.2 Å². The van der Waals surface area contributed by atoms with Crippen molar-refractivity contribution in [3.8, 4) is 5.75 Å². The van der Waals surface area contributed by atoms with Gasteiger partial charge >= 0.3 is 6.03 Å². The second-order valence-corrected chi connectivity index (χ2v) is 6.12. The predicted molar refractivity (Wildman–Crippen MR) is 93.7 cm³/mol. The quantitative estimate of drug-likeness (QED) is 0.807. The zero-order chi connectivity index (χ0) is 17.3. The van der Waals surface area contributed by atoms with Gasteiger partial charge in [0.25, 0.3) is 0 Å². The molecule has 0 bridgehead atoms. The van der Waals surface area contributed by atoms with Gasteiger partial charge in [-0.15, -0.1) is 0 Å². The van der Waals surface area contributed by atoms with Crippen LogP contribution in [0.25, 0.3) is 0 Å². The first-order chi connectivity index (χ1) is 11.4. The van der Waals surface area contributed by atoms with Crippen molar-refractivity contribution in [3.63, 3.8) is 0 Å². The topological polar surface area (TPSA) is 79.5 Å². The van der Waals surface area contributed by atoms with Gasteiger partial charge in [-0.05, 0) is 43.7 Å². The Labute approximate surface area is 140 Å². The summed E-state index contributed by atoms with van der Waals surface area (Å²) in [7, 11) is 1.54. The van der Waals surface area contributed by atoms with Crippen LogP contribution in [0.1, 0.15) is 19.4 Å². The zero-order valence-corrected chi connectivity index (χ0v) is 13.8. The Kier molecular flexibility index (Phi) is 3.89. The summed E-state index contributed by atoms with van der Waals surface area (Å²) in [6, 6.07) is 12.2. The van der Waals surface area contributed by atoms with Crippen LogP contribution in [0.5, 0.6) is 5.75 Å². The number of para-hydroxylation sites is 2. The summed E-state index contributed by atoms with van der Waals surface area (Å²) in [5, 5.41) is 8.34. The maximum atomic E-state index is 12.2. The molecule has 0 atom stereocenters. The van der Waals surface area contributed by atoms with Crippen molar-refractivity contribution >= 4 is 29.0 Å². The van der Waals surface area contributed by atoms with E-state index in [4.69, 9.17) is 4.74 Å². The van der Waals surface area contributed by atoms with E-state index >= 15 is 0 Å². The standard InChI is InChI=1S/C18H19N3O3/c1-18(2)12-9-8-11(10-14(12)20-16(18)22)19-17(23)21-13-6-4-5-7-15(13)24-3/h4-10H,1-3H3,(H,20,22)(H2,19,21,23). The molecular formula is C18H19N3O3. The van der Waals surface area contributed by atoms with Crippen molar-refractivity contribution < 1.29 is 14.3 Å². The fourth-order valence-electron chi connectivity index (χ4n) is 2.70. The highest BCUT2D eigenvalue weighted by Crippen LogP contribution is 2.38. The summed E-state index contributed by atoms with van der Waals surface area (Å²) >= 11 is 0. The number of rotatable bonds is 3. The number of urea groups is 1. The van der Waals surface area contributed by atoms with Gasteiger partial charge < -0.3 is 20.7 Å². The summed E-state index contributed by atoms with van der Waals surface area (Å²) in [5.41, 5.74) is 2.25. The molecule has 0 unspecified atom stereocenters. The molecule has 24 heavy (non-hydrogen) atoms. The maximum Gasteiger partial charge on any atom is 0.323 e. The minimum Gasteiger partial charge on any atom is -0.495 e. The van der Waals surface area contributed by atoms with Crippen LogP contribution in [0.15, 0.2) is 42.5 Å². The first kappa shape index (κ1) is 15.9. The molecule has 0 fully saturated rings. The molecule has 6 heteroatoms. The Morgan fingerprint density at radius 1 is 1.12 bits per heavy atom. The molecule has 3 amide bonds. The minimum absolute atomic E-state index is 0.0480. The molecule has 3 rings (SSSR count). The summed E-state index contributed by atoms with van der Waals surface area (Å²) in [4.78, 5) is 24.2. The van der Waals surface area contributed by atoms with E-state index in [1.807, 2.05) is 32.0 Å². The fourth-order valence-corrected chi connectivity index (χ4v) is 2.70. The van der Waals surface area contributed by atoms with E-state index in [1.165, 1.54) is 0 Å². The molecule has 1 aliphatic heterocycles. The second kappa shape index (κ2) is 5.88. The number of benzene rings is 2. The van der Waals surface area contributed by atoms with Gasteiger partial charge in [0.2, 0.25) is 5.91 Å². The third-order valence-electron chi connectivity index (χ3n) is 4.12. The molecule has 6 nitrogen and oxygen atoms in total. The van der Waals surface area contributed by atoms with E-state index < -0.39 is 5.41 Å². The lowest BCUT2D eigenvalue weighted by Crippen LogP contribution is -2.26. The van der Waals surface area contributed by atoms with Gasteiger partial charge in [-0.25, -0.2) is 4.79 Å². The Balaban J connectivity index is 1.74. The Bertz CT molecular complexity index is 815. The molecule has 0 radical (unpaired) electrons. The minimum atomic E-state index is -0.562. The summed E-state index contributed by atoms with van der Waals surface area (Å²) in [6.07, 6.45) is 0. The Hall–Kier alpha value is -3.02. The molecule has 124 valence electrons. The van der Waals surface area contributed by atoms with Gasteiger partial charge in [0, 0.05) is 11.4 Å². The third-order valence-corrected chi connectivity index (χ3v) is 4.12. The number of nitrogens with one attached hydrogen (secondary N) is 3. The van der Waals surface area contributed by atoms with Gasteiger partial charge in [0.05, 0.1) is 18.2 Å². The molecule has 1 heterocycles. The SMILES string of the molecule is COc1ccccc1NC(=O)Nc1ccc2c(c1)NC(=O)C2(C)C. The average Bonchev–Trinajstić information content (AvgIpc) is 2.77. The van der Waals surface area contributed by atoms with Crippen LogP contribution in [0.3, 0.4) is 0 Å². The molecule has 2 aromatic carbocycles. The van der Waals surface area contributed by atoms with Crippen LogP contribution in [0.2, 0.25) is 0 Å². The number of hydrogen-bond donors (Lipinski definition) is 3. The summed E-state index contributed by atoms with van der Waals surface area (Å²) in [6.45, 7) is 3.74. The molecule has 0 spiro atoms. The van der Waals surface area contributed by atoms with E-state index in [-0.39, 0.29) is 11.9 Å². The van der Waals surface area contributed by atoms with Crippen molar-refractivity contribution in [1.29, 1.82) is 0 Å². The Morgan fingerprint density at radius 2 is 1.88 bits per heavy atom. The van der Waals surface area contributed by atoms with Crippen molar-refractivity contribution in [3.05, 3.63) is 48.0 Å². The van der Waals surface area contributed by atoms with Gasteiger partial charge in [-0.2, -0.15) is 0 Å². The first-order valence-electron chi connectivity index (χ1n) is 7.59. The van der Waals surface area contributed by atoms with Crippen LogP contribution >= 0.6 is 0 Å². The van der Waals surface area contributed by atoms with Gasteiger partial charge in [0.1, 0.15) is 5.75 Å². The smallest absolute Gasteiger partial charge is 0.323 e. The summed E-state index contributed by atoms with van der Waals surface area (Å²) < 4.78 is 5.20. The predicted octanol–water partition coefficient (Wildman–Crippen LogP) is 3.57. The number of methoxy groups -OCH3 is 1. The first-order valence-corrected chi connectivity index (χ1v) is 7.59. The lowest BCUT2D eigenvalue weighted by atomic mass is 9.86. The highest BCUT2D eigenvalue weighted by Gasteiger charge is 2.38. The van der Waals surface area contributed by atoms with Crippen LogP contribution < -0.4 is 20.7 Å². The Morgan fingerprint density at radius 3 is 2.62 bits per heavy atom. The van der Waals surface area contributed by atoms with Crippen molar-refractivity contribution in [2.24, 2.45) is 0 Å². The monoisotopic (exact) mass is 325 g/mol. The molecule has 1 aliphatic rings. The zero-order valence-electron chi connectivity index (χ0n) is 13.8. The summed E-state index contributed by atoms with van der Waals surface area (Å²) in [5.74, 6) is 0.531. The number of fused-ring (bicyclic) bond motifs is 1. The molecule has 0 saturated carbocycles. The van der Waals surface area contributed by atoms with Crippen molar-refractivity contribution in [1.82, 2.24) is 0 Å². The largest absolute Gasteiger partial charge is 0.495 e. The van der Waals surface area contributed by atoms with E-state index in [1.54, 1.807) is 31.4 Å². The van der Waals surface area contributed by atoms with Gasteiger partial charge in [0.15, 0.2) is 0 Å². The van der Waals surface area contributed by atoms with Gasteiger partial charge in [-0.1, -0.05) is 18.2 Å².